The summed E-state index contributed by atoms with van der Waals surface area (Å²) in [6, 6.07) is 7.66. The fourth-order valence-corrected chi connectivity index (χ4v) is 3.50. The van der Waals surface area contributed by atoms with Gasteiger partial charge >= 0.3 is 5.97 Å². The molecule has 0 spiro atoms. The van der Waals surface area contributed by atoms with Gasteiger partial charge < -0.3 is 14.4 Å². The number of nitrogens with zero attached hydrogens (tertiary/aromatic N) is 5. The lowest BCUT2D eigenvalue weighted by Gasteiger charge is -2.36. The van der Waals surface area contributed by atoms with Gasteiger partial charge in [0.2, 0.25) is 0 Å². The summed E-state index contributed by atoms with van der Waals surface area (Å²) in [5.74, 6) is 0.553. The Kier molecular flexibility index (Phi) is 5.35. The van der Waals surface area contributed by atoms with E-state index < -0.39 is 0 Å². The Morgan fingerprint density at radius 1 is 1.10 bits per heavy atom. The summed E-state index contributed by atoms with van der Waals surface area (Å²) in [6.07, 6.45) is 3.72. The highest BCUT2D eigenvalue weighted by Gasteiger charge is 2.23. The molecule has 0 amide bonds. The van der Waals surface area contributed by atoms with Crippen molar-refractivity contribution in [3.63, 3.8) is 0 Å². The summed E-state index contributed by atoms with van der Waals surface area (Å²) in [6.45, 7) is 5.74. The molecule has 0 radical (unpaired) electrons. The molecule has 4 rings (SSSR count). The fraction of sp³-hybridized carbons (Fsp3) is 0.381. The van der Waals surface area contributed by atoms with Crippen molar-refractivity contribution in [3.8, 4) is 11.4 Å². The zero-order valence-corrected chi connectivity index (χ0v) is 16.7. The van der Waals surface area contributed by atoms with Crippen molar-refractivity contribution in [2.45, 2.75) is 32.5 Å². The summed E-state index contributed by atoms with van der Waals surface area (Å²) >= 11 is 0. The Hall–Kier alpha value is -3.13. The second-order valence-corrected chi connectivity index (χ2v) is 7.22. The van der Waals surface area contributed by atoms with E-state index in [4.69, 9.17) is 19.4 Å². The summed E-state index contributed by atoms with van der Waals surface area (Å²) in [4.78, 5) is 31.9. The Labute approximate surface area is 168 Å². The molecule has 1 fully saturated rings. The minimum absolute atomic E-state index is 0.0967. The fourth-order valence-electron chi connectivity index (χ4n) is 3.50. The van der Waals surface area contributed by atoms with Crippen molar-refractivity contribution in [1.82, 2.24) is 19.9 Å². The molecule has 0 aliphatic carbocycles. The van der Waals surface area contributed by atoms with Crippen molar-refractivity contribution in [1.29, 1.82) is 0 Å². The van der Waals surface area contributed by atoms with Gasteiger partial charge in [-0.25, -0.2) is 9.97 Å². The highest BCUT2D eigenvalue weighted by atomic mass is 16.5. The van der Waals surface area contributed by atoms with E-state index in [2.05, 4.69) is 28.7 Å². The Morgan fingerprint density at radius 2 is 1.90 bits per heavy atom. The van der Waals surface area contributed by atoms with Crippen molar-refractivity contribution >= 4 is 22.8 Å². The number of hydrogen-bond acceptors (Lipinski definition) is 8. The third kappa shape index (κ3) is 4.32. The van der Waals surface area contributed by atoms with Gasteiger partial charge in [0.25, 0.3) is 0 Å². The number of aromatic nitrogens is 4. The van der Waals surface area contributed by atoms with E-state index >= 15 is 0 Å². The van der Waals surface area contributed by atoms with E-state index in [0.717, 1.165) is 24.6 Å². The van der Waals surface area contributed by atoms with E-state index in [1.165, 1.54) is 7.11 Å². The van der Waals surface area contributed by atoms with Gasteiger partial charge in [0.05, 0.1) is 55.0 Å². The molecule has 3 aromatic heterocycles. The molecule has 0 aromatic carbocycles. The molecule has 8 heteroatoms. The number of fused-ring (bicyclic) bond motifs is 1. The summed E-state index contributed by atoms with van der Waals surface area (Å²) < 4.78 is 10.5. The van der Waals surface area contributed by atoms with Crippen LogP contribution in [-0.4, -0.2) is 58.3 Å². The first-order valence-corrected chi connectivity index (χ1v) is 9.58. The largest absolute Gasteiger partial charge is 0.469 e. The van der Waals surface area contributed by atoms with E-state index in [1.807, 2.05) is 18.2 Å². The Morgan fingerprint density at radius 3 is 2.66 bits per heavy atom. The number of pyridine rings is 2. The minimum atomic E-state index is -0.343. The molecular weight excluding hydrogens is 370 g/mol. The van der Waals surface area contributed by atoms with Crippen molar-refractivity contribution in [3.05, 3.63) is 42.4 Å². The van der Waals surface area contributed by atoms with Crippen molar-refractivity contribution < 1.29 is 14.3 Å². The number of morpholine rings is 1. The van der Waals surface area contributed by atoms with Crippen LogP contribution >= 0.6 is 0 Å². The van der Waals surface area contributed by atoms with Crippen LogP contribution in [0.4, 0.5) is 5.82 Å². The van der Waals surface area contributed by atoms with Crippen LogP contribution in [0.3, 0.4) is 0 Å². The third-order valence-corrected chi connectivity index (χ3v) is 4.78. The van der Waals surface area contributed by atoms with Gasteiger partial charge in [0, 0.05) is 13.1 Å². The second kappa shape index (κ2) is 8.08. The van der Waals surface area contributed by atoms with Gasteiger partial charge in [-0.15, -0.1) is 0 Å². The molecule has 3 aromatic rings. The maximum Gasteiger partial charge on any atom is 0.311 e. The van der Waals surface area contributed by atoms with Crippen LogP contribution in [0, 0.1) is 0 Å². The zero-order valence-electron chi connectivity index (χ0n) is 16.7. The van der Waals surface area contributed by atoms with Gasteiger partial charge in [-0.1, -0.05) is 6.07 Å². The molecule has 0 bridgehead atoms. The standard InChI is InChI=1S/C21H23N5O3/c1-13-11-26(12-14(2)29-13)20-6-4-5-16(25-20)19-10-23-18-9-22-15(7-17(18)24-19)8-21(27)28-3/h4-7,9-10,13-14H,8,11-12H2,1-3H3/t13-,14+. The second-order valence-electron chi connectivity index (χ2n) is 7.22. The highest BCUT2D eigenvalue weighted by molar-refractivity contribution is 5.78. The summed E-state index contributed by atoms with van der Waals surface area (Å²) in [5.41, 5.74) is 3.33. The van der Waals surface area contributed by atoms with E-state index in [9.17, 15) is 4.79 Å². The Balaban J connectivity index is 1.64. The van der Waals surface area contributed by atoms with Crippen LogP contribution in [-0.2, 0) is 20.7 Å². The van der Waals surface area contributed by atoms with Crippen molar-refractivity contribution in [2.24, 2.45) is 0 Å². The summed E-state index contributed by atoms with van der Waals surface area (Å²) in [7, 11) is 1.36. The molecule has 150 valence electrons. The van der Waals surface area contributed by atoms with Crippen LogP contribution in [0.15, 0.2) is 36.7 Å². The third-order valence-electron chi connectivity index (χ3n) is 4.78. The molecule has 0 unspecified atom stereocenters. The topological polar surface area (TPSA) is 90.3 Å². The average molecular weight is 393 g/mol. The van der Waals surface area contributed by atoms with Crippen molar-refractivity contribution in [2.75, 3.05) is 25.1 Å². The van der Waals surface area contributed by atoms with Crippen LogP contribution in [0.2, 0.25) is 0 Å². The maximum atomic E-state index is 11.5. The minimum Gasteiger partial charge on any atom is -0.469 e. The monoisotopic (exact) mass is 393 g/mol. The molecule has 0 saturated carbocycles. The lowest BCUT2D eigenvalue weighted by molar-refractivity contribution is -0.139. The number of carbonyl (C=O) groups is 1. The molecule has 1 aliphatic rings. The van der Waals surface area contributed by atoms with Crippen LogP contribution in [0.25, 0.3) is 22.4 Å². The quantitative estimate of drug-likeness (QED) is 0.624. The number of anilines is 1. The summed E-state index contributed by atoms with van der Waals surface area (Å²) in [5, 5.41) is 0. The van der Waals surface area contributed by atoms with Gasteiger partial charge in [-0.2, -0.15) is 0 Å². The molecule has 4 heterocycles. The number of hydrogen-bond donors (Lipinski definition) is 0. The first kappa shape index (κ1) is 19.2. The smallest absolute Gasteiger partial charge is 0.311 e. The van der Waals surface area contributed by atoms with E-state index in [1.54, 1.807) is 18.5 Å². The maximum absolute atomic E-state index is 11.5. The zero-order chi connectivity index (χ0) is 20.4. The number of carbonyl (C=O) groups excluding carboxylic acids is 1. The lowest BCUT2D eigenvalue weighted by atomic mass is 10.2. The average Bonchev–Trinajstić information content (AvgIpc) is 2.72. The molecule has 29 heavy (non-hydrogen) atoms. The number of methoxy groups -OCH3 is 1. The van der Waals surface area contributed by atoms with Crippen LogP contribution in [0.1, 0.15) is 19.5 Å². The first-order valence-electron chi connectivity index (χ1n) is 9.58. The van der Waals surface area contributed by atoms with Gasteiger partial charge in [-0.05, 0) is 32.0 Å². The molecule has 1 saturated heterocycles. The Bertz CT molecular complexity index is 1030. The van der Waals surface area contributed by atoms with Gasteiger partial charge in [0.15, 0.2) is 0 Å². The molecule has 0 N–H and O–H groups in total. The van der Waals surface area contributed by atoms with Gasteiger partial charge in [-0.3, -0.25) is 14.8 Å². The molecule has 1 aliphatic heterocycles. The first-order chi connectivity index (χ1) is 14.0. The van der Waals surface area contributed by atoms with Crippen LogP contribution < -0.4 is 4.90 Å². The highest BCUT2D eigenvalue weighted by Crippen LogP contribution is 2.23. The van der Waals surface area contributed by atoms with Crippen LogP contribution in [0.5, 0.6) is 0 Å². The number of esters is 1. The van der Waals surface area contributed by atoms with E-state index in [0.29, 0.717) is 22.4 Å². The SMILES string of the molecule is COC(=O)Cc1cc2nc(-c3cccc(N4C[C@@H](C)O[C@@H](C)C4)n3)cnc2cn1. The molecule has 8 nitrogen and oxygen atoms in total. The van der Waals surface area contributed by atoms with Gasteiger partial charge in [0.1, 0.15) is 17.0 Å². The van der Waals surface area contributed by atoms with E-state index in [-0.39, 0.29) is 24.6 Å². The predicted octanol–water partition coefficient (Wildman–Crippen LogP) is 2.42. The molecular formula is C21H23N5O3. The lowest BCUT2D eigenvalue weighted by Crippen LogP contribution is -2.45. The number of ether oxygens (including phenoxy) is 2. The number of rotatable bonds is 4. The predicted molar refractivity (Wildman–Crippen MR) is 109 cm³/mol. The molecule has 2 atom stereocenters. The normalized spacial score (nSPS) is 19.3.